The summed E-state index contributed by atoms with van der Waals surface area (Å²) in [6.07, 6.45) is 0.484. The van der Waals surface area contributed by atoms with E-state index >= 15 is 0 Å². The van der Waals surface area contributed by atoms with Crippen LogP contribution in [0, 0.1) is 26.7 Å². The molecule has 3 aromatic rings. The van der Waals surface area contributed by atoms with Crippen LogP contribution in [0.5, 0.6) is 0 Å². The summed E-state index contributed by atoms with van der Waals surface area (Å²) in [5.41, 5.74) is 3.90. The summed E-state index contributed by atoms with van der Waals surface area (Å²) in [7, 11) is 0. The zero-order valence-electron chi connectivity index (χ0n) is 16.0. The molecular formula is C20H25N5O. The normalized spacial score (nSPS) is 11.3. The van der Waals surface area contributed by atoms with Gasteiger partial charge < -0.3 is 4.90 Å². The van der Waals surface area contributed by atoms with E-state index in [1.807, 2.05) is 65.0 Å². The lowest BCUT2D eigenvalue weighted by Gasteiger charge is -2.22. The number of amides is 1. The van der Waals surface area contributed by atoms with Crippen molar-refractivity contribution in [1.82, 2.24) is 19.6 Å². The van der Waals surface area contributed by atoms with Gasteiger partial charge in [0.25, 0.3) is 5.78 Å². The molecule has 0 aliphatic rings. The lowest BCUT2D eigenvalue weighted by Crippen LogP contribution is -2.31. The first kappa shape index (κ1) is 18.0. The Morgan fingerprint density at radius 1 is 1.12 bits per heavy atom. The number of carbonyl (C=O) groups is 1. The van der Waals surface area contributed by atoms with Crippen molar-refractivity contribution in [3.63, 3.8) is 0 Å². The van der Waals surface area contributed by atoms with Crippen molar-refractivity contribution < 1.29 is 4.79 Å². The van der Waals surface area contributed by atoms with E-state index < -0.39 is 0 Å². The highest BCUT2D eigenvalue weighted by Gasteiger charge is 2.20. The van der Waals surface area contributed by atoms with Crippen molar-refractivity contribution in [3.05, 3.63) is 53.1 Å². The summed E-state index contributed by atoms with van der Waals surface area (Å²) in [4.78, 5) is 23.5. The lowest BCUT2D eigenvalue weighted by atomic mass is 10.1. The van der Waals surface area contributed by atoms with E-state index in [1.165, 1.54) is 0 Å². The Hall–Kier alpha value is -2.76. The summed E-state index contributed by atoms with van der Waals surface area (Å²) >= 11 is 0. The molecule has 6 heteroatoms. The van der Waals surface area contributed by atoms with Gasteiger partial charge in [0.15, 0.2) is 5.82 Å². The maximum absolute atomic E-state index is 12.8. The maximum Gasteiger partial charge on any atom is 0.252 e. The van der Waals surface area contributed by atoms with Gasteiger partial charge in [0.05, 0.1) is 6.54 Å². The van der Waals surface area contributed by atoms with Crippen LogP contribution in [-0.4, -0.2) is 25.5 Å². The number of benzene rings is 1. The van der Waals surface area contributed by atoms with Crippen molar-refractivity contribution in [2.75, 3.05) is 4.90 Å². The molecule has 2 aromatic heterocycles. The van der Waals surface area contributed by atoms with Gasteiger partial charge in [-0.2, -0.15) is 4.98 Å². The third kappa shape index (κ3) is 3.90. The molecule has 2 heterocycles. The first-order valence-electron chi connectivity index (χ1n) is 8.90. The van der Waals surface area contributed by atoms with Crippen LogP contribution in [0.3, 0.4) is 0 Å². The van der Waals surface area contributed by atoms with Gasteiger partial charge in [-0.25, -0.2) is 9.50 Å². The minimum atomic E-state index is 0.0728. The number of rotatable bonds is 5. The Kier molecular flexibility index (Phi) is 5.02. The number of fused-ring (bicyclic) bond motifs is 1. The molecular weight excluding hydrogens is 326 g/mol. The predicted octanol–water partition coefficient (Wildman–Crippen LogP) is 3.63. The van der Waals surface area contributed by atoms with Crippen LogP contribution in [0.25, 0.3) is 5.78 Å². The largest absolute Gasteiger partial charge is 0.305 e. The molecule has 3 rings (SSSR count). The highest BCUT2D eigenvalue weighted by atomic mass is 16.2. The Balaban J connectivity index is 1.95. The third-order valence-electron chi connectivity index (χ3n) is 4.19. The van der Waals surface area contributed by atoms with E-state index in [0.717, 1.165) is 22.6 Å². The van der Waals surface area contributed by atoms with E-state index in [2.05, 4.69) is 15.1 Å². The van der Waals surface area contributed by atoms with Crippen LogP contribution in [0.1, 0.15) is 43.0 Å². The molecule has 6 nitrogen and oxygen atoms in total. The van der Waals surface area contributed by atoms with Crippen molar-refractivity contribution in [2.45, 2.75) is 47.6 Å². The van der Waals surface area contributed by atoms with Gasteiger partial charge >= 0.3 is 0 Å². The first-order valence-corrected chi connectivity index (χ1v) is 8.90. The van der Waals surface area contributed by atoms with Crippen molar-refractivity contribution in [1.29, 1.82) is 0 Å². The molecule has 0 aliphatic carbocycles. The molecule has 1 amide bonds. The van der Waals surface area contributed by atoms with Crippen LogP contribution in [-0.2, 0) is 11.3 Å². The minimum Gasteiger partial charge on any atom is -0.305 e. The highest BCUT2D eigenvalue weighted by Crippen LogP contribution is 2.20. The number of aromatic nitrogens is 4. The third-order valence-corrected chi connectivity index (χ3v) is 4.19. The molecule has 0 aliphatic heterocycles. The molecule has 26 heavy (non-hydrogen) atoms. The molecule has 0 radical (unpaired) electrons. The molecule has 136 valence electrons. The lowest BCUT2D eigenvalue weighted by molar-refractivity contribution is -0.119. The molecule has 0 unspecified atom stereocenters. The van der Waals surface area contributed by atoms with Gasteiger partial charge in [0.1, 0.15) is 0 Å². The molecule has 0 bridgehead atoms. The van der Waals surface area contributed by atoms with Crippen molar-refractivity contribution in [3.8, 4) is 0 Å². The van der Waals surface area contributed by atoms with Crippen molar-refractivity contribution in [2.24, 2.45) is 5.92 Å². The van der Waals surface area contributed by atoms with Crippen LogP contribution >= 0.6 is 0 Å². The molecule has 0 atom stereocenters. The average molecular weight is 351 g/mol. The molecule has 0 spiro atoms. The standard InChI is InChI=1S/C20H25N5O/c1-13(2)10-19(26)24(17-8-6-14(3)7-9-17)12-18-22-20-21-15(4)11-16(5)25(20)23-18/h6-9,11,13H,10,12H2,1-5H3. The highest BCUT2D eigenvalue weighted by molar-refractivity contribution is 5.93. The van der Waals surface area contributed by atoms with Crippen LogP contribution in [0.15, 0.2) is 30.3 Å². The summed E-state index contributed by atoms with van der Waals surface area (Å²) in [5.74, 6) is 1.51. The van der Waals surface area contributed by atoms with E-state index in [4.69, 9.17) is 0 Å². The molecule has 0 N–H and O–H groups in total. The molecule has 0 fully saturated rings. The first-order chi connectivity index (χ1) is 12.3. The number of hydrogen-bond donors (Lipinski definition) is 0. The zero-order chi connectivity index (χ0) is 18.8. The average Bonchev–Trinajstić information content (AvgIpc) is 2.96. The smallest absolute Gasteiger partial charge is 0.252 e. The zero-order valence-corrected chi connectivity index (χ0v) is 16.0. The second-order valence-corrected chi connectivity index (χ2v) is 7.19. The summed E-state index contributed by atoms with van der Waals surface area (Å²) in [5, 5.41) is 4.55. The Morgan fingerprint density at radius 2 is 1.81 bits per heavy atom. The van der Waals surface area contributed by atoms with Gasteiger partial charge in [0.2, 0.25) is 5.91 Å². The van der Waals surface area contributed by atoms with Crippen LogP contribution in [0.4, 0.5) is 5.69 Å². The van der Waals surface area contributed by atoms with E-state index in [1.54, 1.807) is 9.42 Å². The van der Waals surface area contributed by atoms with Gasteiger partial charge in [-0.1, -0.05) is 31.5 Å². The maximum atomic E-state index is 12.8. The number of aryl methyl sites for hydroxylation is 3. The Labute approximate surface area is 153 Å². The topological polar surface area (TPSA) is 63.4 Å². The molecule has 1 aromatic carbocycles. The minimum absolute atomic E-state index is 0.0728. The predicted molar refractivity (Wildman–Crippen MR) is 102 cm³/mol. The SMILES string of the molecule is Cc1ccc(N(Cc2nc3nc(C)cc(C)n3n2)C(=O)CC(C)C)cc1. The second-order valence-electron chi connectivity index (χ2n) is 7.19. The number of anilines is 1. The quantitative estimate of drug-likeness (QED) is 0.704. The van der Waals surface area contributed by atoms with Gasteiger partial charge in [-0.05, 0) is 44.9 Å². The van der Waals surface area contributed by atoms with E-state index in [9.17, 15) is 4.79 Å². The summed E-state index contributed by atoms with van der Waals surface area (Å²) in [6.45, 7) is 10.4. The van der Waals surface area contributed by atoms with Gasteiger partial charge in [-0.3, -0.25) is 4.79 Å². The molecule has 0 saturated heterocycles. The van der Waals surface area contributed by atoms with Crippen molar-refractivity contribution >= 4 is 17.4 Å². The second kappa shape index (κ2) is 7.23. The summed E-state index contributed by atoms with van der Waals surface area (Å²) < 4.78 is 1.72. The Bertz CT molecular complexity index is 927. The fourth-order valence-corrected chi connectivity index (χ4v) is 2.92. The van der Waals surface area contributed by atoms with Crippen LogP contribution < -0.4 is 4.90 Å². The fraction of sp³-hybridized carbons (Fsp3) is 0.400. The van der Waals surface area contributed by atoms with E-state index in [-0.39, 0.29) is 11.8 Å². The number of carbonyl (C=O) groups excluding carboxylic acids is 1. The van der Waals surface area contributed by atoms with E-state index in [0.29, 0.717) is 24.6 Å². The van der Waals surface area contributed by atoms with Gasteiger partial charge in [-0.15, -0.1) is 5.10 Å². The fourth-order valence-electron chi connectivity index (χ4n) is 2.92. The number of nitrogens with zero attached hydrogens (tertiary/aromatic N) is 5. The summed E-state index contributed by atoms with van der Waals surface area (Å²) in [6, 6.07) is 9.93. The Morgan fingerprint density at radius 3 is 2.46 bits per heavy atom. The monoisotopic (exact) mass is 351 g/mol. The number of hydrogen-bond acceptors (Lipinski definition) is 4. The molecule has 0 saturated carbocycles. The van der Waals surface area contributed by atoms with Crippen LogP contribution in [0.2, 0.25) is 0 Å². The van der Waals surface area contributed by atoms with Gasteiger partial charge in [0, 0.05) is 23.5 Å².